The second-order valence-corrected chi connectivity index (χ2v) is 4.36. The van der Waals surface area contributed by atoms with Crippen molar-refractivity contribution >= 4 is 0 Å². The van der Waals surface area contributed by atoms with Crippen molar-refractivity contribution in [1.29, 1.82) is 0 Å². The molecule has 0 aromatic carbocycles. The standard InChI is InChI=1S/C6H17N2.C4H8/c1-8(2,3)6-4-5-7;1-4(2)3/h4-7H2,1-3H3;1H2,2-3H3/q+1;. The molecule has 2 heteroatoms. The van der Waals surface area contributed by atoms with Gasteiger partial charge < -0.3 is 10.2 Å². The molecule has 0 radical (unpaired) electrons. The maximum absolute atomic E-state index is 5.33. The Morgan fingerprint density at radius 1 is 1.25 bits per heavy atom. The van der Waals surface area contributed by atoms with Gasteiger partial charge in [0.15, 0.2) is 0 Å². The number of hydrogen-bond acceptors (Lipinski definition) is 1. The first-order valence-electron chi connectivity index (χ1n) is 4.42. The van der Waals surface area contributed by atoms with Crippen LogP contribution in [0.25, 0.3) is 0 Å². The van der Waals surface area contributed by atoms with Crippen LogP contribution >= 0.6 is 0 Å². The van der Waals surface area contributed by atoms with Crippen molar-refractivity contribution in [1.82, 2.24) is 0 Å². The van der Waals surface area contributed by atoms with Crippen molar-refractivity contribution in [2.75, 3.05) is 34.2 Å². The van der Waals surface area contributed by atoms with Crippen LogP contribution in [0.4, 0.5) is 0 Å². The summed E-state index contributed by atoms with van der Waals surface area (Å²) in [6, 6.07) is 0. The Morgan fingerprint density at radius 3 is 1.67 bits per heavy atom. The topological polar surface area (TPSA) is 26.0 Å². The molecule has 0 saturated carbocycles. The van der Waals surface area contributed by atoms with Gasteiger partial charge in [0.25, 0.3) is 0 Å². The van der Waals surface area contributed by atoms with E-state index in [1.54, 1.807) is 0 Å². The highest BCUT2D eigenvalue weighted by Crippen LogP contribution is 1.90. The summed E-state index contributed by atoms with van der Waals surface area (Å²) in [5.74, 6) is 0. The number of nitrogens with zero attached hydrogens (tertiary/aromatic N) is 1. The van der Waals surface area contributed by atoms with Gasteiger partial charge in [0.1, 0.15) is 0 Å². The van der Waals surface area contributed by atoms with E-state index in [1.807, 2.05) is 13.8 Å². The van der Waals surface area contributed by atoms with Crippen LogP contribution < -0.4 is 5.73 Å². The Morgan fingerprint density at radius 2 is 1.58 bits per heavy atom. The van der Waals surface area contributed by atoms with Crippen LogP contribution in [0.3, 0.4) is 0 Å². The zero-order valence-corrected chi connectivity index (χ0v) is 9.35. The highest BCUT2D eigenvalue weighted by molar-refractivity contribution is 4.78. The fourth-order valence-corrected chi connectivity index (χ4v) is 0.566. The molecule has 0 saturated heterocycles. The van der Waals surface area contributed by atoms with Crippen molar-refractivity contribution in [2.24, 2.45) is 5.73 Å². The Hall–Kier alpha value is -0.340. The molecule has 12 heavy (non-hydrogen) atoms. The van der Waals surface area contributed by atoms with E-state index < -0.39 is 0 Å². The van der Waals surface area contributed by atoms with Gasteiger partial charge in [0.2, 0.25) is 0 Å². The second kappa shape index (κ2) is 7.32. The average molecular weight is 173 g/mol. The number of quaternary nitrogens is 1. The monoisotopic (exact) mass is 173 g/mol. The fourth-order valence-electron chi connectivity index (χ4n) is 0.566. The quantitative estimate of drug-likeness (QED) is 0.509. The van der Waals surface area contributed by atoms with Gasteiger partial charge in [-0.2, -0.15) is 0 Å². The van der Waals surface area contributed by atoms with Crippen molar-refractivity contribution in [2.45, 2.75) is 20.3 Å². The lowest BCUT2D eigenvalue weighted by molar-refractivity contribution is -0.870. The Bertz CT molecular complexity index is 107. The summed E-state index contributed by atoms with van der Waals surface area (Å²) in [5.41, 5.74) is 6.49. The second-order valence-electron chi connectivity index (χ2n) is 4.36. The number of rotatable bonds is 3. The molecule has 0 amide bonds. The first-order chi connectivity index (χ1) is 5.29. The highest BCUT2D eigenvalue weighted by Gasteiger charge is 2.03. The molecule has 0 heterocycles. The predicted molar refractivity (Wildman–Crippen MR) is 57.1 cm³/mol. The lowest BCUT2D eigenvalue weighted by Gasteiger charge is -2.23. The minimum atomic E-state index is 0.815. The number of nitrogens with two attached hydrogens (primary N) is 1. The van der Waals surface area contributed by atoms with E-state index in [4.69, 9.17) is 5.73 Å². The van der Waals surface area contributed by atoms with Crippen LogP contribution in [0.15, 0.2) is 12.2 Å². The smallest absolute Gasteiger partial charge is 0.0792 e. The van der Waals surface area contributed by atoms with Crippen molar-refractivity contribution in [3.05, 3.63) is 12.2 Å². The molecule has 0 aromatic rings. The minimum Gasteiger partial charge on any atom is -0.331 e. The largest absolute Gasteiger partial charge is 0.331 e. The first kappa shape index (κ1) is 14.2. The molecule has 0 aliphatic rings. The highest BCUT2D eigenvalue weighted by atomic mass is 15.3. The van der Waals surface area contributed by atoms with Gasteiger partial charge in [-0.05, 0) is 20.4 Å². The summed E-state index contributed by atoms with van der Waals surface area (Å²) >= 11 is 0. The molecule has 0 spiro atoms. The minimum absolute atomic E-state index is 0.815. The summed E-state index contributed by atoms with van der Waals surface area (Å²) in [6.07, 6.45) is 1.13. The molecular weight excluding hydrogens is 148 g/mol. The molecule has 0 aliphatic heterocycles. The van der Waals surface area contributed by atoms with Gasteiger partial charge in [-0.15, -0.1) is 6.58 Å². The molecule has 0 fully saturated rings. The summed E-state index contributed by atoms with van der Waals surface area (Å²) in [7, 11) is 6.53. The van der Waals surface area contributed by atoms with E-state index in [9.17, 15) is 0 Å². The molecule has 2 nitrogen and oxygen atoms in total. The summed E-state index contributed by atoms with van der Waals surface area (Å²) in [5, 5.41) is 0. The molecule has 2 N–H and O–H groups in total. The van der Waals surface area contributed by atoms with Crippen LogP contribution in [0, 0.1) is 0 Å². The van der Waals surface area contributed by atoms with Crippen LogP contribution in [0.2, 0.25) is 0 Å². The van der Waals surface area contributed by atoms with Crippen molar-refractivity contribution < 1.29 is 4.48 Å². The fraction of sp³-hybridized carbons (Fsp3) is 0.800. The van der Waals surface area contributed by atoms with E-state index in [0.717, 1.165) is 17.4 Å². The van der Waals surface area contributed by atoms with Crippen molar-refractivity contribution in [3.63, 3.8) is 0 Å². The maximum atomic E-state index is 5.33. The SMILES string of the molecule is C=C(C)C.C[N+](C)(C)CCCN. The van der Waals surface area contributed by atoms with E-state index in [0.29, 0.717) is 0 Å². The molecular formula is C10H25N2+. The van der Waals surface area contributed by atoms with E-state index in [2.05, 4.69) is 27.7 Å². The molecule has 0 unspecified atom stereocenters. The molecule has 74 valence electrons. The van der Waals surface area contributed by atoms with Crippen LogP contribution in [0.5, 0.6) is 0 Å². The van der Waals surface area contributed by atoms with Gasteiger partial charge in [-0.3, -0.25) is 0 Å². The van der Waals surface area contributed by atoms with E-state index in [-0.39, 0.29) is 0 Å². The third-order valence-corrected chi connectivity index (χ3v) is 1.03. The van der Waals surface area contributed by atoms with Gasteiger partial charge >= 0.3 is 0 Å². The Kier molecular flexibility index (Phi) is 8.66. The van der Waals surface area contributed by atoms with Crippen LogP contribution in [-0.2, 0) is 0 Å². The number of allylic oxidation sites excluding steroid dienone is 1. The predicted octanol–water partition coefficient (Wildman–Crippen LogP) is 1.62. The maximum Gasteiger partial charge on any atom is 0.0792 e. The first-order valence-corrected chi connectivity index (χ1v) is 4.42. The van der Waals surface area contributed by atoms with E-state index in [1.165, 1.54) is 12.1 Å². The molecule has 0 bridgehead atoms. The van der Waals surface area contributed by atoms with Gasteiger partial charge in [0, 0.05) is 6.42 Å². The van der Waals surface area contributed by atoms with Crippen LogP contribution in [0.1, 0.15) is 20.3 Å². The molecule has 0 rings (SSSR count). The third kappa shape index (κ3) is 33.4. The normalized spacial score (nSPS) is 10.2. The Labute approximate surface area is 77.6 Å². The molecule has 0 aromatic heterocycles. The van der Waals surface area contributed by atoms with Gasteiger partial charge in [-0.25, -0.2) is 0 Å². The van der Waals surface area contributed by atoms with Gasteiger partial charge in [0.05, 0.1) is 27.7 Å². The summed E-state index contributed by atoms with van der Waals surface area (Å²) in [6.45, 7) is 9.49. The van der Waals surface area contributed by atoms with E-state index >= 15 is 0 Å². The molecule has 0 aliphatic carbocycles. The third-order valence-electron chi connectivity index (χ3n) is 1.03. The Balaban J connectivity index is 0. The lowest BCUT2D eigenvalue weighted by atomic mass is 10.4. The summed E-state index contributed by atoms with van der Waals surface area (Å²) < 4.78 is 1.02. The molecule has 0 atom stereocenters. The zero-order chi connectivity index (χ0) is 10.2. The average Bonchev–Trinajstić information content (AvgIpc) is 1.80. The zero-order valence-electron chi connectivity index (χ0n) is 9.35. The van der Waals surface area contributed by atoms with Crippen LogP contribution in [-0.4, -0.2) is 38.7 Å². The van der Waals surface area contributed by atoms with Gasteiger partial charge in [-0.1, -0.05) is 5.57 Å². The van der Waals surface area contributed by atoms with Crippen molar-refractivity contribution in [3.8, 4) is 0 Å². The summed E-state index contributed by atoms with van der Waals surface area (Å²) in [4.78, 5) is 0. The number of hydrogen-bond donors (Lipinski definition) is 1. The lowest BCUT2D eigenvalue weighted by Crippen LogP contribution is -2.36.